The van der Waals surface area contributed by atoms with E-state index in [1.165, 1.54) is 28.1 Å². The molecule has 3 aliphatic rings. The number of imidazole rings is 1. The number of nitrogens with two attached hydrogens (primary N) is 2. The van der Waals surface area contributed by atoms with Crippen molar-refractivity contribution in [3.8, 4) is 0 Å². The molecule has 2 bridgehead atoms. The Hall–Kier alpha value is -2.39. The molecule has 3 saturated heterocycles. The fourth-order valence-corrected chi connectivity index (χ4v) is 8.58. The van der Waals surface area contributed by atoms with Crippen molar-refractivity contribution < 1.29 is 46.9 Å². The third-order valence-corrected chi connectivity index (χ3v) is 10.9. The number of fused-ring (bicyclic) bond motifs is 5. The van der Waals surface area contributed by atoms with Crippen LogP contribution in [0.4, 0.5) is 11.6 Å². The lowest BCUT2D eigenvalue weighted by atomic mass is 10.1. The van der Waals surface area contributed by atoms with Crippen LogP contribution in [0.15, 0.2) is 31.2 Å². The van der Waals surface area contributed by atoms with Crippen LogP contribution in [-0.4, -0.2) is 94.1 Å². The molecule has 10 atom stereocenters. The maximum absolute atomic E-state index is 13.6. The molecule has 7 rings (SSSR count). The first-order chi connectivity index (χ1) is 21.4. The SMILES string of the molecule is Nc1ncnc2c1ccn2[C@@H]1O[C@@H]2COP(=O)(S)O[C@@H]3[C@H](O)[C@@H](CCOP(=O)(S)O[C@H]2[C@H]1O)O[C@H]3n1cnc2c(N)ncnc21. The minimum atomic E-state index is -4.30. The Labute approximate surface area is 263 Å². The molecular formula is C22H27N9O10P2S2. The molecule has 242 valence electrons. The summed E-state index contributed by atoms with van der Waals surface area (Å²) in [6.45, 7) is -9.25. The Bertz CT molecular complexity index is 1850. The Morgan fingerprint density at radius 3 is 2.31 bits per heavy atom. The lowest BCUT2D eigenvalue weighted by Crippen LogP contribution is -2.37. The zero-order valence-electron chi connectivity index (χ0n) is 22.9. The Balaban J connectivity index is 1.19. The molecule has 0 saturated carbocycles. The monoisotopic (exact) mass is 703 g/mol. The number of aliphatic hydroxyl groups is 2. The van der Waals surface area contributed by atoms with Gasteiger partial charge in [-0.2, -0.15) is 0 Å². The minimum Gasteiger partial charge on any atom is -0.387 e. The molecule has 0 amide bonds. The third kappa shape index (κ3) is 5.74. The molecule has 0 aliphatic carbocycles. The summed E-state index contributed by atoms with van der Waals surface area (Å²) >= 11 is 8.23. The van der Waals surface area contributed by atoms with Gasteiger partial charge in [0.25, 0.3) is 0 Å². The Kier molecular flexibility index (Phi) is 8.11. The van der Waals surface area contributed by atoms with E-state index in [0.29, 0.717) is 11.0 Å². The summed E-state index contributed by atoms with van der Waals surface area (Å²) in [7, 11) is 0. The maximum Gasteiger partial charge on any atom is 0.386 e. The summed E-state index contributed by atoms with van der Waals surface area (Å²) in [6.07, 6.45) is -4.56. The van der Waals surface area contributed by atoms with Crippen molar-refractivity contribution in [2.24, 2.45) is 0 Å². The largest absolute Gasteiger partial charge is 0.387 e. The predicted molar refractivity (Wildman–Crippen MR) is 161 cm³/mol. The smallest absolute Gasteiger partial charge is 0.386 e. The summed E-state index contributed by atoms with van der Waals surface area (Å²) in [4.78, 5) is 20.5. The molecule has 4 aromatic rings. The van der Waals surface area contributed by atoms with Gasteiger partial charge in [-0.3, -0.25) is 18.1 Å². The summed E-state index contributed by atoms with van der Waals surface area (Å²) in [6, 6.07) is 1.64. The Morgan fingerprint density at radius 1 is 0.822 bits per heavy atom. The standard InChI is InChI=1S/C22H27N9O10P2S2/c23-17-9-1-3-30(19(9)27-6-25-17)21-14(33)15-11(39-21)5-37-43(35,45)41-16-13(32)10(2-4-36-42(34,44)40-15)38-22(16)31-8-29-12-18(24)26-7-28-20(12)31/h1,3,6-8,10-11,13-16,21-22,32-33H,2,4-5H2,(H,34,44)(H,35,45)(H2,23,25,27)(H2,24,26,28)/t10-,11-,13-,14-,15-,16-,21-,22-,42?,43?/m1/s1. The van der Waals surface area contributed by atoms with Crippen LogP contribution in [0.5, 0.6) is 0 Å². The topological polar surface area (TPSA) is 256 Å². The van der Waals surface area contributed by atoms with Gasteiger partial charge in [-0.05, 0) is 6.07 Å². The van der Waals surface area contributed by atoms with Gasteiger partial charge in [0.15, 0.2) is 23.9 Å². The molecule has 23 heteroatoms. The number of anilines is 2. The second kappa shape index (κ2) is 11.7. The first-order valence-corrected chi connectivity index (χ1v) is 18.8. The number of hydrogen-bond donors (Lipinski definition) is 6. The van der Waals surface area contributed by atoms with E-state index < -0.39 is 69.3 Å². The highest BCUT2D eigenvalue weighted by Crippen LogP contribution is 2.59. The maximum atomic E-state index is 13.6. The van der Waals surface area contributed by atoms with Crippen molar-refractivity contribution >= 4 is 71.9 Å². The quantitative estimate of drug-likeness (QED) is 0.127. The zero-order chi connectivity index (χ0) is 31.7. The van der Waals surface area contributed by atoms with Crippen molar-refractivity contribution in [2.75, 3.05) is 24.7 Å². The van der Waals surface area contributed by atoms with Crippen LogP contribution in [0.25, 0.3) is 22.2 Å². The van der Waals surface area contributed by atoms with Gasteiger partial charge in [-0.15, -0.1) is 0 Å². The van der Waals surface area contributed by atoms with Crippen LogP contribution in [0, 0.1) is 0 Å². The second-order valence-electron chi connectivity index (χ2n) is 10.4. The molecule has 4 aromatic heterocycles. The van der Waals surface area contributed by atoms with E-state index in [2.05, 4.69) is 49.4 Å². The predicted octanol–water partition coefficient (Wildman–Crippen LogP) is 1.24. The van der Waals surface area contributed by atoms with Crippen molar-refractivity contribution in [3.63, 3.8) is 0 Å². The van der Waals surface area contributed by atoms with Crippen LogP contribution in [-0.2, 0) is 36.7 Å². The highest BCUT2D eigenvalue weighted by atomic mass is 32.7. The van der Waals surface area contributed by atoms with Gasteiger partial charge in [0.05, 0.1) is 31.0 Å². The molecule has 7 heterocycles. The van der Waals surface area contributed by atoms with Gasteiger partial charge in [0.2, 0.25) is 0 Å². The number of nitrogens with zero attached hydrogens (tertiary/aromatic N) is 7. The van der Waals surface area contributed by atoms with Gasteiger partial charge in [0.1, 0.15) is 60.2 Å². The minimum absolute atomic E-state index is 0.0286. The van der Waals surface area contributed by atoms with E-state index in [4.69, 9.17) is 39.0 Å². The number of aliphatic hydroxyl groups excluding tert-OH is 2. The summed E-state index contributed by atoms with van der Waals surface area (Å²) in [5.41, 5.74) is 12.8. The third-order valence-electron chi connectivity index (χ3n) is 7.67. The van der Waals surface area contributed by atoms with Crippen molar-refractivity contribution in [2.45, 2.75) is 55.5 Å². The summed E-state index contributed by atoms with van der Waals surface area (Å²) < 4.78 is 64.5. The molecule has 0 aromatic carbocycles. The van der Waals surface area contributed by atoms with Gasteiger partial charge in [0, 0.05) is 12.6 Å². The van der Waals surface area contributed by atoms with Gasteiger partial charge in [-0.1, -0.05) is 24.5 Å². The molecule has 2 unspecified atom stereocenters. The molecular weight excluding hydrogens is 676 g/mol. The van der Waals surface area contributed by atoms with Crippen LogP contribution >= 0.6 is 38.1 Å². The van der Waals surface area contributed by atoms with Gasteiger partial charge in [-0.25, -0.2) is 34.0 Å². The average molecular weight is 704 g/mol. The highest BCUT2D eigenvalue weighted by Gasteiger charge is 2.52. The van der Waals surface area contributed by atoms with Crippen LogP contribution in [0.2, 0.25) is 0 Å². The lowest BCUT2D eigenvalue weighted by molar-refractivity contribution is -0.0516. The molecule has 3 aliphatic heterocycles. The van der Waals surface area contributed by atoms with E-state index in [-0.39, 0.29) is 35.8 Å². The molecule has 3 fully saturated rings. The summed E-state index contributed by atoms with van der Waals surface area (Å²) in [5.74, 6) is 0.325. The fourth-order valence-electron chi connectivity index (χ4n) is 5.58. The first-order valence-electron chi connectivity index (χ1n) is 13.4. The van der Waals surface area contributed by atoms with E-state index in [1.807, 2.05) is 0 Å². The van der Waals surface area contributed by atoms with Crippen molar-refractivity contribution in [1.82, 2.24) is 34.1 Å². The zero-order valence-corrected chi connectivity index (χ0v) is 26.4. The van der Waals surface area contributed by atoms with Crippen molar-refractivity contribution in [1.29, 1.82) is 0 Å². The lowest BCUT2D eigenvalue weighted by Gasteiger charge is -2.27. The van der Waals surface area contributed by atoms with Crippen LogP contribution < -0.4 is 11.5 Å². The van der Waals surface area contributed by atoms with Crippen LogP contribution in [0.3, 0.4) is 0 Å². The number of ether oxygens (including phenoxy) is 2. The second-order valence-corrected chi connectivity index (χ2v) is 16.2. The summed E-state index contributed by atoms with van der Waals surface area (Å²) in [5, 5.41) is 23.0. The normalized spacial score (nSPS) is 38.0. The Morgan fingerprint density at radius 2 is 1.51 bits per heavy atom. The number of rotatable bonds is 2. The van der Waals surface area contributed by atoms with E-state index >= 15 is 0 Å². The molecule has 19 nitrogen and oxygen atoms in total. The number of aromatic nitrogens is 7. The first kappa shape index (κ1) is 31.2. The van der Waals surface area contributed by atoms with Gasteiger partial charge < -0.3 is 40.2 Å². The molecule has 45 heavy (non-hydrogen) atoms. The van der Waals surface area contributed by atoms with Crippen LogP contribution in [0.1, 0.15) is 18.9 Å². The molecule has 0 radical (unpaired) electrons. The fraction of sp³-hybridized carbons (Fsp3) is 0.500. The average Bonchev–Trinajstić information content (AvgIpc) is 3.74. The molecule has 0 spiro atoms. The van der Waals surface area contributed by atoms with E-state index in [1.54, 1.807) is 12.3 Å². The van der Waals surface area contributed by atoms with E-state index in [9.17, 15) is 19.3 Å². The van der Waals surface area contributed by atoms with Crippen molar-refractivity contribution in [3.05, 3.63) is 31.2 Å². The number of thiol groups is 2. The number of hydrogen-bond acceptors (Lipinski definition) is 17. The van der Waals surface area contributed by atoms with Gasteiger partial charge >= 0.3 is 13.6 Å². The van der Waals surface area contributed by atoms with E-state index in [0.717, 1.165) is 0 Å². The highest BCUT2D eigenvalue weighted by molar-refractivity contribution is 8.44. The molecule has 6 N–H and O–H groups in total. The number of nitrogen functional groups attached to an aromatic ring is 2.